The van der Waals surface area contributed by atoms with Gasteiger partial charge in [0.1, 0.15) is 35.8 Å². The van der Waals surface area contributed by atoms with Crippen LogP contribution in [-0.4, -0.2) is 107 Å². The molecule has 0 aromatic carbocycles. The van der Waals surface area contributed by atoms with Gasteiger partial charge in [0.05, 0.1) is 24.4 Å². The Morgan fingerprint density at radius 2 is 1.91 bits per heavy atom. The van der Waals surface area contributed by atoms with Gasteiger partial charge < -0.3 is 23.8 Å². The van der Waals surface area contributed by atoms with Gasteiger partial charge in [0.15, 0.2) is 5.79 Å². The SMILES string of the molecule is CSc1ncnn2c([C@@H]3O[C@H](CN4CCOC[C@H]4CN4CCCC4)[C@H]4OC(C)(C)O[C@H]43)ccc12. The lowest BCUT2D eigenvalue weighted by atomic mass is 10.0. The highest BCUT2D eigenvalue weighted by Crippen LogP contribution is 2.46. The molecule has 0 unspecified atom stereocenters. The lowest BCUT2D eigenvalue weighted by Gasteiger charge is -2.39. The molecule has 2 aromatic rings. The maximum absolute atomic E-state index is 6.73. The fourth-order valence-electron chi connectivity index (χ4n) is 5.96. The Kier molecular flexibility index (Phi) is 6.34. The molecule has 4 fully saturated rings. The zero-order valence-corrected chi connectivity index (χ0v) is 21.1. The van der Waals surface area contributed by atoms with E-state index in [1.807, 2.05) is 24.6 Å². The molecule has 0 bridgehead atoms. The summed E-state index contributed by atoms with van der Waals surface area (Å²) < 4.78 is 27.4. The molecule has 0 N–H and O–H groups in total. The molecule has 4 aliphatic heterocycles. The molecule has 2 aromatic heterocycles. The first kappa shape index (κ1) is 23.1. The van der Waals surface area contributed by atoms with Crippen molar-refractivity contribution in [1.82, 2.24) is 24.4 Å². The van der Waals surface area contributed by atoms with Crippen molar-refractivity contribution in [2.45, 2.75) is 68.0 Å². The first-order valence-corrected chi connectivity index (χ1v) is 13.7. The monoisotopic (exact) mass is 489 g/mol. The Morgan fingerprint density at radius 1 is 1.09 bits per heavy atom. The number of hydrogen-bond acceptors (Lipinski definition) is 9. The van der Waals surface area contributed by atoms with E-state index in [-0.39, 0.29) is 24.4 Å². The van der Waals surface area contributed by atoms with Crippen LogP contribution < -0.4 is 0 Å². The molecule has 4 saturated heterocycles. The van der Waals surface area contributed by atoms with E-state index in [1.54, 1.807) is 18.1 Å². The van der Waals surface area contributed by atoms with Crippen molar-refractivity contribution in [1.29, 1.82) is 0 Å². The summed E-state index contributed by atoms with van der Waals surface area (Å²) in [5.41, 5.74) is 1.98. The Bertz CT molecular complexity index is 1010. The molecular weight excluding hydrogens is 454 g/mol. The molecule has 0 spiro atoms. The van der Waals surface area contributed by atoms with Crippen LogP contribution in [0.1, 0.15) is 38.5 Å². The Labute approximate surface area is 205 Å². The molecule has 0 radical (unpaired) electrons. The highest BCUT2D eigenvalue weighted by molar-refractivity contribution is 7.98. The Morgan fingerprint density at radius 3 is 2.74 bits per heavy atom. The van der Waals surface area contributed by atoms with Crippen molar-refractivity contribution in [2.75, 3.05) is 52.2 Å². The summed E-state index contributed by atoms with van der Waals surface area (Å²) in [7, 11) is 0. The topological polar surface area (TPSA) is 73.6 Å². The second-order valence-corrected chi connectivity index (χ2v) is 11.0. The maximum atomic E-state index is 6.73. The van der Waals surface area contributed by atoms with Crippen LogP contribution in [-0.2, 0) is 18.9 Å². The smallest absolute Gasteiger partial charge is 0.164 e. The summed E-state index contributed by atoms with van der Waals surface area (Å²) in [6, 6.07) is 4.55. The highest BCUT2D eigenvalue weighted by atomic mass is 32.2. The number of hydrogen-bond donors (Lipinski definition) is 0. The molecular formula is C24H35N5O4S. The van der Waals surface area contributed by atoms with E-state index in [0.29, 0.717) is 6.04 Å². The predicted octanol–water partition coefficient (Wildman–Crippen LogP) is 2.21. The summed E-state index contributed by atoms with van der Waals surface area (Å²) in [5, 5.41) is 5.49. The predicted molar refractivity (Wildman–Crippen MR) is 128 cm³/mol. The molecule has 6 rings (SSSR count). The van der Waals surface area contributed by atoms with Gasteiger partial charge in [-0.2, -0.15) is 5.10 Å². The quantitative estimate of drug-likeness (QED) is 0.568. The third kappa shape index (κ3) is 4.27. The van der Waals surface area contributed by atoms with Crippen molar-refractivity contribution in [3.8, 4) is 0 Å². The van der Waals surface area contributed by atoms with E-state index in [9.17, 15) is 0 Å². The van der Waals surface area contributed by atoms with Crippen LogP contribution in [0.4, 0.5) is 0 Å². The molecule has 34 heavy (non-hydrogen) atoms. The first-order valence-electron chi connectivity index (χ1n) is 12.4. The van der Waals surface area contributed by atoms with Crippen LogP contribution in [0.3, 0.4) is 0 Å². The number of nitrogens with zero attached hydrogens (tertiary/aromatic N) is 5. The van der Waals surface area contributed by atoms with Crippen LogP contribution in [0.5, 0.6) is 0 Å². The average molecular weight is 490 g/mol. The van der Waals surface area contributed by atoms with Crippen molar-refractivity contribution in [2.24, 2.45) is 0 Å². The normalized spacial score (nSPS) is 34.3. The van der Waals surface area contributed by atoms with Crippen molar-refractivity contribution in [3.05, 3.63) is 24.2 Å². The number of thioether (sulfide) groups is 1. The van der Waals surface area contributed by atoms with E-state index >= 15 is 0 Å². The molecule has 6 heterocycles. The number of morpholine rings is 1. The molecule has 5 atom stereocenters. The van der Waals surface area contributed by atoms with Crippen LogP contribution in [0.15, 0.2) is 23.5 Å². The minimum atomic E-state index is -0.637. The minimum absolute atomic E-state index is 0.0802. The third-order valence-electron chi connectivity index (χ3n) is 7.51. The summed E-state index contributed by atoms with van der Waals surface area (Å²) in [6.07, 6.45) is 5.62. The number of ether oxygens (including phenoxy) is 4. The van der Waals surface area contributed by atoms with Crippen LogP contribution in [0, 0.1) is 0 Å². The second kappa shape index (κ2) is 9.31. The fourth-order valence-corrected chi connectivity index (χ4v) is 6.48. The summed E-state index contributed by atoms with van der Waals surface area (Å²) in [5.74, 6) is -0.637. The van der Waals surface area contributed by atoms with Crippen molar-refractivity contribution in [3.63, 3.8) is 0 Å². The maximum Gasteiger partial charge on any atom is 0.164 e. The van der Waals surface area contributed by atoms with Gasteiger partial charge in [-0.1, -0.05) is 0 Å². The third-order valence-corrected chi connectivity index (χ3v) is 8.21. The molecule has 10 heteroatoms. The van der Waals surface area contributed by atoms with E-state index in [1.165, 1.54) is 25.9 Å². The second-order valence-electron chi connectivity index (χ2n) is 10.2. The van der Waals surface area contributed by atoms with Gasteiger partial charge in [-0.25, -0.2) is 9.50 Å². The van der Waals surface area contributed by atoms with Crippen molar-refractivity contribution < 1.29 is 18.9 Å². The van der Waals surface area contributed by atoms with Crippen molar-refractivity contribution >= 4 is 17.3 Å². The van der Waals surface area contributed by atoms with E-state index < -0.39 is 5.79 Å². The summed E-state index contributed by atoms with van der Waals surface area (Å²) in [6.45, 7) is 10.7. The van der Waals surface area contributed by atoms with Gasteiger partial charge in [-0.05, 0) is 58.2 Å². The molecule has 4 aliphatic rings. The number of likely N-dealkylation sites (tertiary alicyclic amines) is 1. The minimum Gasteiger partial charge on any atom is -0.378 e. The Hall–Kier alpha value is -1.27. The number of aromatic nitrogens is 3. The molecule has 186 valence electrons. The highest BCUT2D eigenvalue weighted by Gasteiger charge is 2.56. The standard InChI is InChI=1S/C24H35N5O4S/c1-24(2)32-21-19(13-28-10-11-30-14-16(28)12-27-8-4-5-9-27)31-20(22(21)33-24)17-6-7-18-23(34-3)25-15-26-29(17)18/h6-7,15-16,19-22H,4-5,8-14H2,1-3H3/t16-,19-,20+,21-,22+/m1/s1. The zero-order chi connectivity index (χ0) is 23.3. The first-order chi connectivity index (χ1) is 16.5. The lowest BCUT2D eigenvalue weighted by molar-refractivity contribution is -0.191. The van der Waals surface area contributed by atoms with Crippen LogP contribution >= 0.6 is 11.8 Å². The summed E-state index contributed by atoms with van der Waals surface area (Å²) in [4.78, 5) is 9.53. The average Bonchev–Trinajstić information content (AvgIpc) is 3.60. The number of rotatable bonds is 6. The number of fused-ring (bicyclic) bond motifs is 2. The van der Waals surface area contributed by atoms with Gasteiger partial charge >= 0.3 is 0 Å². The van der Waals surface area contributed by atoms with Gasteiger partial charge in [0, 0.05) is 25.7 Å². The van der Waals surface area contributed by atoms with Gasteiger partial charge in [0.25, 0.3) is 0 Å². The molecule has 0 amide bonds. The lowest BCUT2D eigenvalue weighted by Crippen LogP contribution is -2.54. The van der Waals surface area contributed by atoms with Gasteiger partial charge in [-0.15, -0.1) is 11.8 Å². The van der Waals surface area contributed by atoms with Crippen LogP contribution in [0.25, 0.3) is 5.52 Å². The molecule has 9 nitrogen and oxygen atoms in total. The van der Waals surface area contributed by atoms with E-state index in [4.69, 9.17) is 18.9 Å². The molecule has 0 saturated carbocycles. The fraction of sp³-hybridized carbons (Fsp3) is 0.750. The van der Waals surface area contributed by atoms with Gasteiger partial charge in [-0.3, -0.25) is 4.90 Å². The van der Waals surface area contributed by atoms with Gasteiger partial charge in [0.2, 0.25) is 0 Å². The van der Waals surface area contributed by atoms with E-state index in [0.717, 1.165) is 49.1 Å². The zero-order valence-electron chi connectivity index (χ0n) is 20.3. The van der Waals surface area contributed by atoms with E-state index in [2.05, 4.69) is 32.0 Å². The molecule has 0 aliphatic carbocycles. The Balaban J connectivity index is 1.25. The van der Waals surface area contributed by atoms with Crippen LogP contribution in [0.2, 0.25) is 0 Å². The summed E-state index contributed by atoms with van der Waals surface area (Å²) >= 11 is 1.62. The largest absolute Gasteiger partial charge is 0.378 e.